The van der Waals surface area contributed by atoms with Gasteiger partial charge in [0.15, 0.2) is 5.16 Å². The zero-order valence-corrected chi connectivity index (χ0v) is 14.7. The number of nitrogens with two attached hydrogens (primary N) is 1. The van der Waals surface area contributed by atoms with Crippen LogP contribution in [0.25, 0.3) is 0 Å². The first-order valence-electron chi connectivity index (χ1n) is 7.11. The number of aromatic nitrogens is 2. The Morgan fingerprint density at radius 1 is 1.44 bits per heavy atom. The van der Waals surface area contributed by atoms with Crippen LogP contribution in [0.4, 0.5) is 11.5 Å². The lowest BCUT2D eigenvalue weighted by Gasteiger charge is -2.08. The van der Waals surface area contributed by atoms with E-state index in [-0.39, 0.29) is 46.2 Å². The normalized spacial score (nSPS) is 10.3. The number of carbonyl (C=O) groups excluding carboxylic acids is 2. The molecule has 8 nitrogen and oxygen atoms in total. The molecule has 0 aliphatic carbocycles. The van der Waals surface area contributed by atoms with E-state index in [2.05, 4.69) is 15.3 Å². The highest BCUT2D eigenvalue weighted by Crippen LogP contribution is 2.27. The van der Waals surface area contributed by atoms with Crippen LogP contribution in [-0.2, 0) is 9.53 Å². The molecule has 0 saturated heterocycles. The Hall–Kier alpha value is -2.52. The molecule has 0 radical (unpaired) electrons. The second kappa shape index (κ2) is 8.54. The van der Waals surface area contributed by atoms with E-state index in [1.807, 2.05) is 0 Å². The van der Waals surface area contributed by atoms with Crippen molar-refractivity contribution in [3.8, 4) is 5.75 Å². The Morgan fingerprint density at radius 2 is 2.20 bits per heavy atom. The van der Waals surface area contributed by atoms with Crippen LogP contribution in [0.1, 0.15) is 17.3 Å². The Morgan fingerprint density at radius 3 is 2.84 bits per heavy atom. The van der Waals surface area contributed by atoms with Gasteiger partial charge < -0.3 is 20.9 Å². The number of nitrogens with one attached hydrogen (secondary N) is 1. The van der Waals surface area contributed by atoms with Crippen LogP contribution < -0.4 is 11.1 Å². The summed E-state index contributed by atoms with van der Waals surface area (Å²) in [6, 6.07) is 4.35. The van der Waals surface area contributed by atoms with Crippen molar-refractivity contribution >= 4 is 46.7 Å². The van der Waals surface area contributed by atoms with Gasteiger partial charge in [-0.2, -0.15) is 0 Å². The highest BCUT2D eigenvalue weighted by Gasteiger charge is 2.15. The van der Waals surface area contributed by atoms with Gasteiger partial charge in [-0.1, -0.05) is 23.4 Å². The Balaban J connectivity index is 1.95. The molecule has 2 rings (SSSR count). The number of aromatic hydroxyl groups is 1. The van der Waals surface area contributed by atoms with Gasteiger partial charge in [0.25, 0.3) is 0 Å². The highest BCUT2D eigenvalue weighted by atomic mass is 35.5. The molecule has 10 heteroatoms. The van der Waals surface area contributed by atoms with Crippen molar-refractivity contribution in [3.63, 3.8) is 0 Å². The molecular weight excluding hydrogens is 368 g/mol. The molecule has 0 saturated carbocycles. The van der Waals surface area contributed by atoms with Gasteiger partial charge in [-0.25, -0.2) is 14.8 Å². The minimum atomic E-state index is -0.604. The van der Waals surface area contributed by atoms with Gasteiger partial charge in [0.2, 0.25) is 5.91 Å². The average molecular weight is 383 g/mol. The van der Waals surface area contributed by atoms with Gasteiger partial charge in [-0.15, -0.1) is 0 Å². The molecule has 0 bridgehead atoms. The van der Waals surface area contributed by atoms with Gasteiger partial charge in [0, 0.05) is 17.3 Å². The monoisotopic (exact) mass is 382 g/mol. The summed E-state index contributed by atoms with van der Waals surface area (Å²) in [5.41, 5.74) is 6.02. The van der Waals surface area contributed by atoms with Gasteiger partial charge in [0.1, 0.15) is 17.1 Å². The first kappa shape index (κ1) is 18.8. The van der Waals surface area contributed by atoms with Crippen LogP contribution in [-0.4, -0.2) is 39.3 Å². The summed E-state index contributed by atoms with van der Waals surface area (Å²) in [5, 5.41) is 12.8. The standard InChI is InChI=1S/C15H15ClN4O4S/c1-2-24-14(23)9-6-18-15(20-13(9)17)25-7-12(22)19-10-4-3-8(16)5-11(10)21/h3-6,21H,2,7H2,1H3,(H,19,22)(H2,17,18,20). The summed E-state index contributed by atoms with van der Waals surface area (Å²) in [7, 11) is 0. The first-order valence-corrected chi connectivity index (χ1v) is 8.48. The third-order valence-electron chi connectivity index (χ3n) is 2.86. The second-order valence-electron chi connectivity index (χ2n) is 4.67. The maximum Gasteiger partial charge on any atom is 0.343 e. The van der Waals surface area contributed by atoms with E-state index in [4.69, 9.17) is 22.1 Å². The van der Waals surface area contributed by atoms with E-state index in [0.717, 1.165) is 11.8 Å². The third kappa shape index (κ3) is 5.23. The fraction of sp³-hybridized carbons (Fsp3) is 0.200. The van der Waals surface area contributed by atoms with Gasteiger partial charge >= 0.3 is 5.97 Å². The number of esters is 1. The molecule has 1 aromatic carbocycles. The predicted molar refractivity (Wildman–Crippen MR) is 94.9 cm³/mol. The molecule has 0 aliphatic heterocycles. The number of hydrogen-bond donors (Lipinski definition) is 3. The highest BCUT2D eigenvalue weighted by molar-refractivity contribution is 7.99. The number of halogens is 1. The SMILES string of the molecule is CCOC(=O)c1cnc(SCC(=O)Nc2ccc(Cl)cc2O)nc1N. The first-order chi connectivity index (χ1) is 11.9. The van der Waals surface area contributed by atoms with E-state index in [1.165, 1.54) is 18.3 Å². The van der Waals surface area contributed by atoms with E-state index in [0.29, 0.717) is 5.02 Å². The largest absolute Gasteiger partial charge is 0.506 e. The van der Waals surface area contributed by atoms with Crippen LogP contribution in [0.2, 0.25) is 5.02 Å². The van der Waals surface area contributed by atoms with E-state index in [9.17, 15) is 14.7 Å². The molecule has 4 N–H and O–H groups in total. The molecule has 25 heavy (non-hydrogen) atoms. The maximum atomic E-state index is 11.9. The van der Waals surface area contributed by atoms with Gasteiger partial charge in [-0.05, 0) is 19.1 Å². The molecule has 1 aromatic heterocycles. The molecule has 132 valence electrons. The number of anilines is 2. The molecule has 0 atom stereocenters. The van der Waals surface area contributed by atoms with Crippen molar-refractivity contribution < 1.29 is 19.4 Å². The Bertz CT molecular complexity index is 803. The predicted octanol–water partition coefficient (Wildman–Crippen LogP) is 2.33. The van der Waals surface area contributed by atoms with Gasteiger partial charge in [0.05, 0.1) is 18.0 Å². The number of rotatable bonds is 6. The van der Waals surface area contributed by atoms with Crippen molar-refractivity contribution in [2.24, 2.45) is 0 Å². The number of amides is 1. The summed E-state index contributed by atoms with van der Waals surface area (Å²) in [6.45, 7) is 1.89. The van der Waals surface area contributed by atoms with E-state index >= 15 is 0 Å². The zero-order chi connectivity index (χ0) is 18.4. The number of nitrogen functional groups attached to an aromatic ring is 1. The Kier molecular flexibility index (Phi) is 6.43. The number of thioether (sulfide) groups is 1. The summed E-state index contributed by atoms with van der Waals surface area (Å²) < 4.78 is 4.83. The molecule has 0 spiro atoms. The van der Waals surface area contributed by atoms with Crippen LogP contribution in [0, 0.1) is 0 Å². The quantitative estimate of drug-likeness (QED) is 0.300. The van der Waals surface area contributed by atoms with Crippen molar-refractivity contribution in [2.45, 2.75) is 12.1 Å². The maximum absolute atomic E-state index is 11.9. The topological polar surface area (TPSA) is 127 Å². The number of phenols is 1. The fourth-order valence-corrected chi connectivity index (χ4v) is 2.53. The number of nitrogens with zero attached hydrogens (tertiary/aromatic N) is 2. The Labute approximate surface area is 152 Å². The molecule has 1 amide bonds. The van der Waals surface area contributed by atoms with E-state index < -0.39 is 5.97 Å². The van der Waals surface area contributed by atoms with Crippen molar-refractivity contribution in [1.82, 2.24) is 9.97 Å². The van der Waals surface area contributed by atoms with Gasteiger partial charge in [-0.3, -0.25) is 4.79 Å². The summed E-state index contributed by atoms with van der Waals surface area (Å²) in [6.07, 6.45) is 1.26. The van der Waals surface area contributed by atoms with Crippen molar-refractivity contribution in [2.75, 3.05) is 23.4 Å². The number of carbonyl (C=O) groups is 2. The van der Waals surface area contributed by atoms with Crippen LogP contribution in [0.15, 0.2) is 29.6 Å². The molecule has 2 aromatic rings. The molecule has 0 aliphatic rings. The van der Waals surface area contributed by atoms with Crippen LogP contribution in [0.5, 0.6) is 5.75 Å². The second-order valence-corrected chi connectivity index (χ2v) is 6.05. The third-order valence-corrected chi connectivity index (χ3v) is 3.95. The number of ether oxygens (including phenoxy) is 1. The van der Waals surface area contributed by atoms with Crippen LogP contribution >= 0.6 is 23.4 Å². The summed E-state index contributed by atoms with van der Waals surface area (Å²) in [4.78, 5) is 31.5. The lowest BCUT2D eigenvalue weighted by atomic mass is 10.3. The fourth-order valence-electron chi connectivity index (χ4n) is 1.74. The zero-order valence-electron chi connectivity index (χ0n) is 13.2. The smallest absolute Gasteiger partial charge is 0.343 e. The minimum Gasteiger partial charge on any atom is -0.506 e. The minimum absolute atomic E-state index is 0.0136. The van der Waals surface area contributed by atoms with Crippen molar-refractivity contribution in [3.05, 3.63) is 35.0 Å². The van der Waals surface area contributed by atoms with Crippen molar-refractivity contribution in [1.29, 1.82) is 0 Å². The molecular formula is C15H15ClN4O4S. The number of benzene rings is 1. The average Bonchev–Trinajstić information content (AvgIpc) is 2.56. The van der Waals surface area contributed by atoms with Crippen LogP contribution in [0.3, 0.4) is 0 Å². The number of hydrogen-bond acceptors (Lipinski definition) is 8. The lowest BCUT2D eigenvalue weighted by molar-refractivity contribution is -0.113. The number of phenolic OH excluding ortho intramolecular Hbond substituents is 1. The summed E-state index contributed by atoms with van der Waals surface area (Å²) >= 11 is 6.76. The summed E-state index contributed by atoms with van der Waals surface area (Å²) in [5.74, 6) is -1.15. The van der Waals surface area contributed by atoms with E-state index in [1.54, 1.807) is 13.0 Å². The molecule has 0 unspecified atom stereocenters. The molecule has 0 fully saturated rings. The molecule has 1 heterocycles. The lowest BCUT2D eigenvalue weighted by Crippen LogP contribution is -2.15.